The highest BCUT2D eigenvalue weighted by atomic mass is 16.5. The number of fused-ring (bicyclic) bond motifs is 1. The number of benzene rings is 2. The third-order valence-electron chi connectivity index (χ3n) is 9.52. The number of amidine groups is 1. The summed E-state index contributed by atoms with van der Waals surface area (Å²) in [5.41, 5.74) is 21.0. The van der Waals surface area contributed by atoms with Gasteiger partial charge in [-0.05, 0) is 85.2 Å². The molecule has 1 aliphatic heterocycles. The van der Waals surface area contributed by atoms with Gasteiger partial charge in [0, 0.05) is 61.2 Å². The minimum absolute atomic E-state index is 0.0591. The van der Waals surface area contributed by atoms with Crippen molar-refractivity contribution < 1.29 is 33.5 Å². The lowest BCUT2D eigenvalue weighted by molar-refractivity contribution is -0.128. The number of nitrogens with zero attached hydrogens (tertiary/aromatic N) is 3. The van der Waals surface area contributed by atoms with Crippen LogP contribution in [-0.2, 0) is 32.3 Å². The Morgan fingerprint density at radius 3 is 2.28 bits per heavy atom. The van der Waals surface area contributed by atoms with Gasteiger partial charge in [0.2, 0.25) is 17.7 Å². The Bertz CT molecular complexity index is 2100. The molecular weight excluding hydrogens is 783 g/mol. The van der Waals surface area contributed by atoms with Crippen LogP contribution in [0.25, 0.3) is 6.08 Å². The van der Waals surface area contributed by atoms with Gasteiger partial charge in [-0.3, -0.25) is 19.2 Å². The molecule has 0 radical (unpaired) electrons. The van der Waals surface area contributed by atoms with E-state index in [0.717, 1.165) is 12.8 Å². The molecule has 18 heteroatoms. The highest BCUT2D eigenvalue weighted by Crippen LogP contribution is 2.29. The first-order valence-corrected chi connectivity index (χ1v) is 20.3. The molecule has 18 nitrogen and oxygen atoms in total. The van der Waals surface area contributed by atoms with Gasteiger partial charge in [0.25, 0.3) is 5.91 Å². The number of hydrogen-bond acceptors (Lipinski definition) is 11. The van der Waals surface area contributed by atoms with Crippen molar-refractivity contribution >= 4 is 64.9 Å². The van der Waals surface area contributed by atoms with Gasteiger partial charge in [0.1, 0.15) is 24.3 Å². The Hall–Kier alpha value is -6.82. The average Bonchev–Trinajstić information content (AvgIpc) is 3.40. The number of alkyl carbamates (subject to hydrolysis) is 1. The number of ether oxygens (including phenoxy) is 1. The van der Waals surface area contributed by atoms with E-state index in [2.05, 4.69) is 36.6 Å². The Balaban J connectivity index is 1.28. The van der Waals surface area contributed by atoms with E-state index in [1.165, 1.54) is 6.20 Å². The fourth-order valence-electron chi connectivity index (χ4n) is 6.21. The third-order valence-corrected chi connectivity index (χ3v) is 9.52. The average molecular weight is 840 g/mol. The second-order valence-corrected chi connectivity index (χ2v) is 14.9. The summed E-state index contributed by atoms with van der Waals surface area (Å²) in [6.07, 6.45) is 5.09. The number of amides is 7. The first-order chi connectivity index (χ1) is 29.2. The van der Waals surface area contributed by atoms with Crippen LogP contribution in [0.4, 0.5) is 26.8 Å². The van der Waals surface area contributed by atoms with Crippen LogP contribution in [0.3, 0.4) is 0 Å². The first kappa shape index (κ1) is 46.9. The monoisotopic (exact) mass is 839 g/mol. The number of hydrogen-bond donors (Lipinski definition) is 8. The van der Waals surface area contributed by atoms with Crippen molar-refractivity contribution in [3.8, 4) is 0 Å². The number of carbonyl (C=O) groups excluding carboxylic acids is 6. The molecule has 2 heterocycles. The molecule has 0 saturated heterocycles. The maximum atomic E-state index is 13.3. The maximum Gasteiger partial charge on any atom is 0.407 e. The minimum Gasteiger partial charge on any atom is -0.445 e. The van der Waals surface area contributed by atoms with Crippen LogP contribution in [0.5, 0.6) is 0 Å². The number of urea groups is 1. The number of rotatable bonds is 20. The van der Waals surface area contributed by atoms with Gasteiger partial charge in [0.05, 0.1) is 11.7 Å². The highest BCUT2D eigenvalue weighted by Gasteiger charge is 2.26. The number of aromatic nitrogens is 1. The number of nitrogens with one attached hydrogen (secondary N) is 5. The van der Waals surface area contributed by atoms with E-state index < -0.39 is 41.9 Å². The number of nitrogens with two attached hydrogens (primary N) is 3. The van der Waals surface area contributed by atoms with Crippen LogP contribution in [-0.4, -0.2) is 83.2 Å². The standard InChI is InChI=1S/C43H57N11O7/c1-5-18-54(19-6-2)41(58)31-21-29-11-12-30(22-34(29)51-35(44)23-31)38(55)53-36-20-28(15-17-47-36)24-49-43(60)61-25-27-9-13-32(14-10-27)50-39(56)33(8-7-16-48-42(46)59)52-40(57)37(45)26(3)4/h9-15,17,20-22,26,33,37H,5-8,16,18-19,23-25,45H2,1-4H3,(H2,44,51)(H,49,60)(H,50,56)(H,52,57)(H3,46,48,59)(H,47,53,55)/t33-,37-/m0/s1. The molecule has 2 atom stereocenters. The van der Waals surface area contributed by atoms with E-state index in [9.17, 15) is 28.8 Å². The molecule has 1 aliphatic rings. The maximum absolute atomic E-state index is 13.3. The van der Waals surface area contributed by atoms with Crippen molar-refractivity contribution in [2.75, 3.05) is 30.3 Å². The van der Waals surface area contributed by atoms with Crippen molar-refractivity contribution in [1.82, 2.24) is 25.8 Å². The lowest BCUT2D eigenvalue weighted by Gasteiger charge is -2.22. The molecule has 326 valence electrons. The summed E-state index contributed by atoms with van der Waals surface area (Å²) in [6.45, 7) is 9.20. The third kappa shape index (κ3) is 14.8. The number of carbonyl (C=O) groups is 6. The summed E-state index contributed by atoms with van der Waals surface area (Å²) in [7, 11) is 0. The van der Waals surface area contributed by atoms with Gasteiger partial charge in [-0.1, -0.05) is 45.9 Å². The van der Waals surface area contributed by atoms with Gasteiger partial charge in [0.15, 0.2) is 0 Å². The molecule has 0 saturated carbocycles. The van der Waals surface area contributed by atoms with Crippen LogP contribution in [0.1, 0.15) is 86.8 Å². The lowest BCUT2D eigenvalue weighted by atomic mass is 10.0. The summed E-state index contributed by atoms with van der Waals surface area (Å²) in [5.74, 6) is -1.06. The predicted octanol–water partition coefficient (Wildman–Crippen LogP) is 4.04. The molecule has 61 heavy (non-hydrogen) atoms. The molecule has 2 aromatic carbocycles. The molecule has 0 aliphatic carbocycles. The zero-order valence-corrected chi connectivity index (χ0v) is 35.1. The van der Waals surface area contributed by atoms with Crippen LogP contribution < -0.4 is 43.8 Å². The molecule has 3 aromatic rings. The van der Waals surface area contributed by atoms with Crippen molar-refractivity contribution in [2.45, 2.75) is 85.0 Å². The summed E-state index contributed by atoms with van der Waals surface area (Å²) >= 11 is 0. The van der Waals surface area contributed by atoms with Gasteiger partial charge in [-0.2, -0.15) is 0 Å². The second-order valence-electron chi connectivity index (χ2n) is 14.9. The summed E-state index contributed by atoms with van der Waals surface area (Å²) in [5, 5.41) is 13.4. The number of primary amides is 1. The predicted molar refractivity (Wildman–Crippen MR) is 233 cm³/mol. The van der Waals surface area contributed by atoms with Crippen LogP contribution in [0.15, 0.2) is 71.4 Å². The lowest BCUT2D eigenvalue weighted by Crippen LogP contribution is -2.51. The van der Waals surface area contributed by atoms with E-state index in [0.29, 0.717) is 58.7 Å². The SMILES string of the molecule is CCCN(CCC)C(=O)C1=Cc2ccc(C(=O)Nc3cc(CNC(=O)OCc4ccc(NC(=O)[C@H](CCCNC(N)=O)NC(=O)[C@@H](N)C(C)C)cc4)ccn3)cc2N=C(N)C1. The highest BCUT2D eigenvalue weighted by molar-refractivity contribution is 6.07. The largest absolute Gasteiger partial charge is 0.445 e. The zero-order chi connectivity index (χ0) is 44.5. The molecule has 4 rings (SSSR count). The second kappa shape index (κ2) is 23.1. The van der Waals surface area contributed by atoms with Gasteiger partial charge >= 0.3 is 12.1 Å². The molecule has 1 aromatic heterocycles. The van der Waals surface area contributed by atoms with E-state index in [1.807, 2.05) is 18.7 Å². The molecule has 0 fully saturated rings. The molecule has 0 bridgehead atoms. The summed E-state index contributed by atoms with van der Waals surface area (Å²) in [4.78, 5) is 86.5. The van der Waals surface area contributed by atoms with Crippen molar-refractivity contribution in [3.05, 3.63) is 88.6 Å². The Morgan fingerprint density at radius 1 is 0.885 bits per heavy atom. The fourth-order valence-corrected chi connectivity index (χ4v) is 6.21. The topological polar surface area (TPSA) is 278 Å². The molecule has 11 N–H and O–H groups in total. The Morgan fingerprint density at radius 2 is 1.61 bits per heavy atom. The molecule has 0 unspecified atom stereocenters. The quantitative estimate of drug-likeness (QED) is 0.0756. The molecule has 7 amide bonds. The van der Waals surface area contributed by atoms with E-state index in [-0.39, 0.29) is 56.0 Å². The normalized spacial score (nSPS) is 13.0. The summed E-state index contributed by atoms with van der Waals surface area (Å²) in [6, 6.07) is 12.5. The molecular formula is C43H57N11O7. The number of pyridine rings is 1. The van der Waals surface area contributed by atoms with E-state index in [4.69, 9.17) is 21.9 Å². The summed E-state index contributed by atoms with van der Waals surface area (Å²) < 4.78 is 5.37. The van der Waals surface area contributed by atoms with Crippen LogP contribution >= 0.6 is 0 Å². The van der Waals surface area contributed by atoms with Gasteiger partial charge in [-0.15, -0.1) is 0 Å². The van der Waals surface area contributed by atoms with Gasteiger partial charge < -0.3 is 53.4 Å². The first-order valence-electron chi connectivity index (χ1n) is 20.3. The minimum atomic E-state index is -0.917. The van der Waals surface area contributed by atoms with Crippen LogP contribution in [0.2, 0.25) is 0 Å². The van der Waals surface area contributed by atoms with E-state index >= 15 is 0 Å². The molecule has 0 spiro atoms. The number of anilines is 2. The fraction of sp³-hybridized carbons (Fsp3) is 0.395. The van der Waals surface area contributed by atoms with Crippen molar-refractivity contribution in [3.63, 3.8) is 0 Å². The smallest absolute Gasteiger partial charge is 0.407 e. The Kier molecular flexibility index (Phi) is 17.7. The van der Waals surface area contributed by atoms with Crippen molar-refractivity contribution in [2.24, 2.45) is 28.1 Å². The number of aliphatic imine (C=N–C) groups is 1. The Labute approximate surface area is 355 Å². The van der Waals surface area contributed by atoms with Gasteiger partial charge in [-0.25, -0.2) is 19.6 Å². The van der Waals surface area contributed by atoms with E-state index in [1.54, 1.807) is 74.5 Å². The van der Waals surface area contributed by atoms with Crippen LogP contribution in [0, 0.1) is 5.92 Å². The zero-order valence-electron chi connectivity index (χ0n) is 35.1. The van der Waals surface area contributed by atoms with Crippen molar-refractivity contribution in [1.29, 1.82) is 0 Å².